The van der Waals surface area contributed by atoms with E-state index in [4.69, 9.17) is 4.74 Å². The lowest BCUT2D eigenvalue weighted by molar-refractivity contribution is 0.0890. The van der Waals surface area contributed by atoms with E-state index < -0.39 is 0 Å². The lowest BCUT2D eigenvalue weighted by Gasteiger charge is -2.37. The Bertz CT molecular complexity index is 465. The number of ether oxygens (including phenoxy) is 1. The summed E-state index contributed by atoms with van der Waals surface area (Å²) in [7, 11) is 1.58. The molecule has 1 aromatic rings. The lowest BCUT2D eigenvalue weighted by atomic mass is 9.85. The van der Waals surface area contributed by atoms with Crippen molar-refractivity contribution in [3.8, 4) is 5.88 Å². The average Bonchev–Trinajstić information content (AvgIpc) is 2.46. The molecule has 0 saturated carbocycles. The van der Waals surface area contributed by atoms with Crippen molar-refractivity contribution in [2.45, 2.75) is 42.6 Å². The maximum Gasteiger partial charge on any atom is 0.213 e. The van der Waals surface area contributed by atoms with Gasteiger partial charge in [0.25, 0.3) is 0 Å². The second kappa shape index (κ2) is 5.53. The Morgan fingerprint density at radius 1 is 1.32 bits per heavy atom. The van der Waals surface area contributed by atoms with E-state index in [1.54, 1.807) is 13.2 Å². The Balaban J connectivity index is 1.76. The maximum atomic E-state index is 12.6. The van der Waals surface area contributed by atoms with Crippen molar-refractivity contribution in [1.29, 1.82) is 0 Å². The van der Waals surface area contributed by atoms with Gasteiger partial charge in [-0.15, -0.1) is 0 Å². The summed E-state index contributed by atoms with van der Waals surface area (Å²) in [6, 6.07) is 5.43. The van der Waals surface area contributed by atoms with Gasteiger partial charge in [0, 0.05) is 22.5 Å². The van der Waals surface area contributed by atoms with Gasteiger partial charge < -0.3 is 4.74 Å². The summed E-state index contributed by atoms with van der Waals surface area (Å²) in [5.41, 5.74) is 0.564. The lowest BCUT2D eigenvalue weighted by Crippen LogP contribution is -2.33. The van der Waals surface area contributed by atoms with E-state index in [-0.39, 0.29) is 11.7 Å². The van der Waals surface area contributed by atoms with Gasteiger partial charge in [-0.05, 0) is 31.7 Å². The molecular formula is C15H19NO2S. The largest absolute Gasteiger partial charge is 0.481 e. The molecule has 2 aliphatic heterocycles. The van der Waals surface area contributed by atoms with Gasteiger partial charge in [0.15, 0.2) is 5.78 Å². The fraction of sp³-hybridized carbons (Fsp3) is 0.600. The second-order valence-electron chi connectivity index (χ2n) is 5.41. The van der Waals surface area contributed by atoms with Gasteiger partial charge >= 0.3 is 0 Å². The van der Waals surface area contributed by atoms with Crippen molar-refractivity contribution in [2.24, 2.45) is 5.92 Å². The molecule has 0 amide bonds. The van der Waals surface area contributed by atoms with E-state index in [9.17, 15) is 4.79 Å². The maximum absolute atomic E-state index is 12.6. The molecule has 0 aliphatic carbocycles. The Kier molecular flexibility index (Phi) is 3.78. The summed E-state index contributed by atoms with van der Waals surface area (Å²) >= 11 is 2.10. The van der Waals surface area contributed by atoms with E-state index >= 15 is 0 Å². The van der Waals surface area contributed by atoms with Crippen LogP contribution >= 0.6 is 11.8 Å². The minimum Gasteiger partial charge on any atom is -0.481 e. The molecule has 0 aromatic carbocycles. The summed E-state index contributed by atoms with van der Waals surface area (Å²) in [5, 5.41) is 1.37. The number of nitrogens with zero attached hydrogens (tertiary/aromatic N) is 1. The molecule has 2 fully saturated rings. The Morgan fingerprint density at radius 3 is 2.74 bits per heavy atom. The zero-order valence-corrected chi connectivity index (χ0v) is 12.0. The molecule has 102 valence electrons. The van der Waals surface area contributed by atoms with Gasteiger partial charge in [-0.2, -0.15) is 11.8 Å². The van der Waals surface area contributed by atoms with Gasteiger partial charge in [0.1, 0.15) is 5.69 Å². The molecule has 3 heterocycles. The number of hydrogen-bond acceptors (Lipinski definition) is 4. The van der Waals surface area contributed by atoms with Crippen LogP contribution in [0.4, 0.5) is 0 Å². The molecule has 3 nitrogen and oxygen atoms in total. The summed E-state index contributed by atoms with van der Waals surface area (Å²) in [6.45, 7) is 0. The molecule has 0 spiro atoms. The number of aromatic nitrogens is 1. The predicted octanol–water partition coefficient (Wildman–Crippen LogP) is 3.34. The molecule has 1 aromatic heterocycles. The first-order valence-electron chi connectivity index (χ1n) is 6.97. The fourth-order valence-electron chi connectivity index (χ4n) is 3.15. The molecular weight excluding hydrogens is 258 g/mol. The average molecular weight is 277 g/mol. The van der Waals surface area contributed by atoms with Crippen molar-refractivity contribution in [3.05, 3.63) is 23.9 Å². The highest BCUT2D eigenvalue weighted by atomic mass is 32.2. The minimum atomic E-state index is 0.163. The third-order valence-corrected chi connectivity index (χ3v) is 5.71. The molecule has 2 bridgehead atoms. The predicted molar refractivity (Wildman–Crippen MR) is 76.9 cm³/mol. The number of fused-ring (bicyclic) bond motifs is 2. The van der Waals surface area contributed by atoms with Crippen molar-refractivity contribution < 1.29 is 9.53 Å². The van der Waals surface area contributed by atoms with Crippen LogP contribution in [0.2, 0.25) is 0 Å². The van der Waals surface area contributed by atoms with Gasteiger partial charge in [-0.3, -0.25) is 4.79 Å². The number of ketones is 1. The van der Waals surface area contributed by atoms with Crippen LogP contribution in [0.3, 0.4) is 0 Å². The Morgan fingerprint density at radius 2 is 2.05 bits per heavy atom. The Labute approximate surface area is 118 Å². The fourth-order valence-corrected chi connectivity index (χ4v) is 4.98. The number of pyridine rings is 1. The van der Waals surface area contributed by atoms with E-state index in [0.717, 1.165) is 12.8 Å². The molecule has 0 radical (unpaired) electrons. The van der Waals surface area contributed by atoms with Crippen LogP contribution in [-0.2, 0) is 0 Å². The van der Waals surface area contributed by atoms with Crippen LogP contribution in [0.5, 0.6) is 5.88 Å². The highest BCUT2D eigenvalue weighted by molar-refractivity contribution is 8.00. The minimum absolute atomic E-state index is 0.163. The molecule has 0 N–H and O–H groups in total. The number of Topliss-reactive ketones (excluding diaryl/α,β-unsaturated/α-hetero) is 1. The number of thioether (sulfide) groups is 1. The zero-order valence-electron chi connectivity index (χ0n) is 11.2. The Hall–Kier alpha value is -1.03. The van der Waals surface area contributed by atoms with Crippen LogP contribution < -0.4 is 4.74 Å². The smallest absolute Gasteiger partial charge is 0.213 e. The van der Waals surface area contributed by atoms with Crippen molar-refractivity contribution in [3.63, 3.8) is 0 Å². The summed E-state index contributed by atoms with van der Waals surface area (Å²) in [6.07, 6.45) is 5.94. The van der Waals surface area contributed by atoms with Crippen molar-refractivity contribution in [1.82, 2.24) is 4.98 Å². The molecule has 2 aliphatic rings. The highest BCUT2D eigenvalue weighted by Crippen LogP contribution is 2.44. The van der Waals surface area contributed by atoms with Crippen LogP contribution in [-0.4, -0.2) is 28.4 Å². The van der Waals surface area contributed by atoms with Crippen molar-refractivity contribution in [2.75, 3.05) is 7.11 Å². The molecule has 4 heteroatoms. The van der Waals surface area contributed by atoms with Gasteiger partial charge in [-0.25, -0.2) is 4.98 Å². The molecule has 19 heavy (non-hydrogen) atoms. The van der Waals surface area contributed by atoms with E-state index in [2.05, 4.69) is 16.7 Å². The van der Waals surface area contributed by atoms with Crippen LogP contribution in [0, 0.1) is 5.92 Å². The third-order valence-electron chi connectivity index (χ3n) is 4.09. The first-order valence-corrected chi connectivity index (χ1v) is 7.91. The number of methoxy groups -OCH3 is 1. The summed E-state index contributed by atoms with van der Waals surface area (Å²) in [5.74, 6) is 0.892. The first-order chi connectivity index (χ1) is 9.26. The van der Waals surface area contributed by atoms with Gasteiger partial charge in [-0.1, -0.05) is 12.5 Å². The monoisotopic (exact) mass is 277 g/mol. The first kappa shape index (κ1) is 13.0. The quantitative estimate of drug-likeness (QED) is 0.794. The summed E-state index contributed by atoms with van der Waals surface area (Å²) in [4.78, 5) is 16.9. The number of carbonyl (C=O) groups is 1. The number of hydrogen-bond donors (Lipinski definition) is 0. The SMILES string of the molecule is COc1cccc(C(=O)C2CC3CCCC(C2)S3)n1. The zero-order chi connectivity index (χ0) is 13.2. The van der Waals surface area contributed by atoms with E-state index in [0.29, 0.717) is 22.1 Å². The summed E-state index contributed by atoms with van der Waals surface area (Å²) < 4.78 is 5.10. The van der Waals surface area contributed by atoms with E-state index in [1.807, 2.05) is 12.1 Å². The highest BCUT2D eigenvalue weighted by Gasteiger charge is 2.36. The molecule has 2 saturated heterocycles. The normalized spacial score (nSPS) is 29.8. The molecule has 3 rings (SSSR count). The topological polar surface area (TPSA) is 39.2 Å². The van der Waals surface area contributed by atoms with Gasteiger partial charge in [0.05, 0.1) is 7.11 Å². The van der Waals surface area contributed by atoms with Crippen molar-refractivity contribution >= 4 is 17.5 Å². The van der Waals surface area contributed by atoms with Crippen LogP contribution in [0.25, 0.3) is 0 Å². The standard InChI is InChI=1S/C15H19NO2S/c1-18-14-7-3-6-13(16-14)15(17)10-8-11-4-2-5-12(9-10)19-11/h3,6-7,10-12H,2,4-5,8-9H2,1H3. The van der Waals surface area contributed by atoms with Gasteiger partial charge in [0.2, 0.25) is 5.88 Å². The molecule has 2 atom stereocenters. The van der Waals surface area contributed by atoms with Crippen LogP contribution in [0.1, 0.15) is 42.6 Å². The second-order valence-corrected chi connectivity index (χ2v) is 7.01. The van der Waals surface area contributed by atoms with Crippen LogP contribution in [0.15, 0.2) is 18.2 Å². The number of carbonyl (C=O) groups excluding carboxylic acids is 1. The molecule has 2 unspecified atom stereocenters. The van der Waals surface area contributed by atoms with E-state index in [1.165, 1.54) is 19.3 Å². The third kappa shape index (κ3) is 2.78. The number of rotatable bonds is 3.